The first-order valence-corrected chi connectivity index (χ1v) is 6.49. The largest absolute Gasteiger partial charge is 0.371 e. The maximum Gasteiger partial charge on any atom is 0.227 e. The van der Waals surface area contributed by atoms with Gasteiger partial charge in [-0.15, -0.1) is 0 Å². The van der Waals surface area contributed by atoms with Crippen LogP contribution in [0.3, 0.4) is 0 Å². The highest BCUT2D eigenvalue weighted by molar-refractivity contribution is 5.98. The topological polar surface area (TPSA) is 23.6 Å². The number of hydrogen-bond donors (Lipinski definition) is 0. The van der Waals surface area contributed by atoms with Gasteiger partial charge in [-0.1, -0.05) is 32.9 Å². The Bertz CT molecular complexity index is 448. The summed E-state index contributed by atoms with van der Waals surface area (Å²) in [6.07, 6.45) is 0.588. The summed E-state index contributed by atoms with van der Waals surface area (Å²) in [5.41, 5.74) is 2.22. The van der Waals surface area contributed by atoms with Crippen LogP contribution in [0.25, 0.3) is 0 Å². The lowest BCUT2D eigenvalue weighted by Crippen LogP contribution is -2.43. The van der Waals surface area contributed by atoms with Crippen LogP contribution in [0.2, 0.25) is 0 Å². The molecule has 1 heterocycles. The molecule has 0 aliphatic carbocycles. The number of amides is 1. The molecular weight excluding hydrogens is 224 g/mol. The number of fused-ring (bicyclic) bond motifs is 1. The molecule has 18 heavy (non-hydrogen) atoms. The van der Waals surface area contributed by atoms with Crippen LogP contribution in [0.15, 0.2) is 24.3 Å². The van der Waals surface area contributed by atoms with Crippen LogP contribution in [0.1, 0.15) is 27.2 Å². The van der Waals surface area contributed by atoms with Crippen LogP contribution >= 0.6 is 0 Å². The Balaban J connectivity index is 2.26. The second-order valence-electron chi connectivity index (χ2n) is 6.19. The number of benzene rings is 1. The summed E-state index contributed by atoms with van der Waals surface area (Å²) in [7, 11) is 2.07. The fraction of sp³-hybridized carbons (Fsp3) is 0.533. The lowest BCUT2D eigenvalue weighted by molar-refractivity contribution is -0.120. The molecule has 0 saturated heterocycles. The van der Waals surface area contributed by atoms with Crippen molar-refractivity contribution >= 4 is 17.3 Å². The minimum absolute atomic E-state index is 0.0371. The lowest BCUT2D eigenvalue weighted by Gasteiger charge is -2.36. The van der Waals surface area contributed by atoms with Crippen molar-refractivity contribution in [3.05, 3.63) is 24.3 Å². The second kappa shape index (κ2) is 4.63. The molecule has 3 nitrogen and oxygen atoms in total. The zero-order valence-corrected chi connectivity index (χ0v) is 11.7. The van der Waals surface area contributed by atoms with Gasteiger partial charge < -0.3 is 9.80 Å². The fourth-order valence-corrected chi connectivity index (χ4v) is 2.31. The molecule has 0 radical (unpaired) electrons. The van der Waals surface area contributed by atoms with Gasteiger partial charge in [0, 0.05) is 26.6 Å². The van der Waals surface area contributed by atoms with E-state index in [4.69, 9.17) is 0 Å². The predicted octanol–water partition coefficient (Wildman–Crippen LogP) is 2.91. The number of para-hydroxylation sites is 2. The van der Waals surface area contributed by atoms with Crippen molar-refractivity contribution in [1.82, 2.24) is 0 Å². The molecule has 98 valence electrons. The van der Waals surface area contributed by atoms with Gasteiger partial charge in [0.1, 0.15) is 0 Å². The van der Waals surface area contributed by atoms with Gasteiger partial charge >= 0.3 is 0 Å². The normalized spacial score (nSPS) is 15.6. The number of anilines is 2. The molecule has 0 fully saturated rings. The number of carbonyl (C=O) groups is 1. The molecule has 0 spiro atoms. The molecule has 1 aliphatic heterocycles. The first kappa shape index (κ1) is 12.9. The highest BCUT2D eigenvalue weighted by Crippen LogP contribution is 2.33. The summed E-state index contributed by atoms with van der Waals surface area (Å²) in [6.45, 7) is 7.99. The van der Waals surface area contributed by atoms with Crippen molar-refractivity contribution < 1.29 is 4.79 Å². The Morgan fingerprint density at radius 1 is 1.17 bits per heavy atom. The Kier molecular flexibility index (Phi) is 3.33. The van der Waals surface area contributed by atoms with Gasteiger partial charge in [0.05, 0.1) is 11.4 Å². The summed E-state index contributed by atoms with van der Waals surface area (Å²) >= 11 is 0. The van der Waals surface area contributed by atoms with Crippen molar-refractivity contribution in [2.75, 3.05) is 29.9 Å². The summed E-state index contributed by atoms with van der Waals surface area (Å²) in [5.74, 6) is 0.225. The van der Waals surface area contributed by atoms with Crippen LogP contribution in [0, 0.1) is 5.41 Å². The minimum atomic E-state index is 0.0371. The number of rotatable bonds is 1. The Hall–Kier alpha value is -1.51. The van der Waals surface area contributed by atoms with Gasteiger partial charge in [-0.2, -0.15) is 0 Å². The quantitative estimate of drug-likeness (QED) is 0.760. The number of carbonyl (C=O) groups excluding carboxylic acids is 1. The molecule has 3 heteroatoms. The zero-order chi connectivity index (χ0) is 13.3. The molecule has 1 aliphatic rings. The lowest BCUT2D eigenvalue weighted by atomic mass is 9.91. The molecule has 1 aromatic rings. The Labute approximate surface area is 109 Å². The van der Waals surface area contributed by atoms with Crippen LogP contribution in [0.5, 0.6) is 0 Å². The highest BCUT2D eigenvalue weighted by atomic mass is 16.2. The number of hydrogen-bond acceptors (Lipinski definition) is 2. The van der Waals surface area contributed by atoms with E-state index in [-0.39, 0.29) is 11.3 Å². The monoisotopic (exact) mass is 246 g/mol. The minimum Gasteiger partial charge on any atom is -0.371 e. The number of nitrogens with zero attached hydrogens (tertiary/aromatic N) is 2. The summed E-state index contributed by atoms with van der Waals surface area (Å²) in [4.78, 5) is 16.5. The average molecular weight is 246 g/mol. The Morgan fingerprint density at radius 3 is 2.39 bits per heavy atom. The molecule has 0 saturated carbocycles. The first-order valence-electron chi connectivity index (χ1n) is 6.49. The van der Waals surface area contributed by atoms with Crippen molar-refractivity contribution in [2.45, 2.75) is 27.2 Å². The molecule has 0 bridgehead atoms. The van der Waals surface area contributed by atoms with Gasteiger partial charge in [-0.05, 0) is 17.5 Å². The highest BCUT2D eigenvalue weighted by Gasteiger charge is 2.27. The summed E-state index contributed by atoms with van der Waals surface area (Å²) in [5, 5.41) is 0. The molecule has 1 aromatic carbocycles. The van der Waals surface area contributed by atoms with E-state index in [9.17, 15) is 4.79 Å². The van der Waals surface area contributed by atoms with Crippen LogP contribution in [-0.4, -0.2) is 26.0 Å². The smallest absolute Gasteiger partial charge is 0.227 e. The third-order valence-electron chi connectivity index (χ3n) is 3.23. The fourth-order valence-electron chi connectivity index (χ4n) is 2.31. The van der Waals surface area contributed by atoms with Gasteiger partial charge in [0.15, 0.2) is 0 Å². The maximum absolute atomic E-state index is 12.4. The van der Waals surface area contributed by atoms with E-state index in [1.807, 2.05) is 23.1 Å². The van der Waals surface area contributed by atoms with E-state index in [1.54, 1.807) is 0 Å². The van der Waals surface area contributed by atoms with Crippen LogP contribution in [-0.2, 0) is 4.79 Å². The van der Waals surface area contributed by atoms with E-state index < -0.39 is 0 Å². The van der Waals surface area contributed by atoms with Crippen molar-refractivity contribution in [3.8, 4) is 0 Å². The van der Waals surface area contributed by atoms with Gasteiger partial charge in [0.2, 0.25) is 5.91 Å². The summed E-state index contributed by atoms with van der Waals surface area (Å²) < 4.78 is 0. The molecule has 0 N–H and O–H groups in total. The third kappa shape index (κ3) is 2.66. The van der Waals surface area contributed by atoms with Gasteiger partial charge in [0.25, 0.3) is 0 Å². The molecule has 0 unspecified atom stereocenters. The molecule has 1 amide bonds. The first-order chi connectivity index (χ1) is 8.38. The third-order valence-corrected chi connectivity index (χ3v) is 3.23. The predicted molar refractivity (Wildman–Crippen MR) is 76.1 cm³/mol. The number of likely N-dealkylation sites (N-methyl/N-ethyl adjacent to an activating group) is 1. The molecule has 0 aromatic heterocycles. The van der Waals surface area contributed by atoms with E-state index in [2.05, 4.69) is 38.8 Å². The molecule has 2 rings (SSSR count). The van der Waals surface area contributed by atoms with E-state index in [1.165, 1.54) is 0 Å². The van der Waals surface area contributed by atoms with Crippen molar-refractivity contribution in [1.29, 1.82) is 0 Å². The zero-order valence-electron chi connectivity index (χ0n) is 11.7. The van der Waals surface area contributed by atoms with Crippen molar-refractivity contribution in [2.24, 2.45) is 5.41 Å². The summed E-state index contributed by atoms with van der Waals surface area (Å²) in [6, 6.07) is 8.12. The van der Waals surface area contributed by atoms with E-state index in [0.29, 0.717) is 6.42 Å². The van der Waals surface area contributed by atoms with Crippen molar-refractivity contribution in [3.63, 3.8) is 0 Å². The van der Waals surface area contributed by atoms with E-state index >= 15 is 0 Å². The van der Waals surface area contributed by atoms with Crippen LogP contribution < -0.4 is 9.80 Å². The molecular formula is C15H22N2O. The van der Waals surface area contributed by atoms with Gasteiger partial charge in [-0.25, -0.2) is 0 Å². The Morgan fingerprint density at radius 2 is 1.78 bits per heavy atom. The van der Waals surface area contributed by atoms with E-state index in [0.717, 1.165) is 24.5 Å². The van der Waals surface area contributed by atoms with Gasteiger partial charge in [-0.3, -0.25) is 4.79 Å². The SMILES string of the molecule is CN1CCN(C(=O)CC(C)(C)C)c2ccccc21. The molecule has 0 atom stereocenters. The van der Waals surface area contributed by atoms with Crippen LogP contribution in [0.4, 0.5) is 11.4 Å². The average Bonchev–Trinajstić information content (AvgIpc) is 2.27. The standard InChI is InChI=1S/C15H22N2O/c1-15(2,3)11-14(18)17-10-9-16(4)12-7-5-6-8-13(12)17/h5-8H,9-11H2,1-4H3. The second-order valence-corrected chi connectivity index (χ2v) is 6.19. The maximum atomic E-state index is 12.4.